The molecule has 0 aliphatic carbocycles. The molecule has 1 unspecified atom stereocenters. The smallest absolute Gasteiger partial charge is 0.123 e. The van der Waals surface area contributed by atoms with E-state index < -0.39 is 0 Å². The Bertz CT molecular complexity index is 327. The zero-order valence-electron chi connectivity index (χ0n) is 8.84. The summed E-state index contributed by atoms with van der Waals surface area (Å²) in [7, 11) is 1.87. The maximum atomic E-state index is 13.0. The van der Waals surface area contributed by atoms with Gasteiger partial charge in [-0.25, -0.2) is 4.39 Å². The second-order valence-electron chi connectivity index (χ2n) is 3.57. The Morgan fingerprint density at radius 1 is 1.43 bits per heavy atom. The van der Waals surface area contributed by atoms with Gasteiger partial charge in [-0.15, -0.1) is 0 Å². The van der Waals surface area contributed by atoms with Crippen molar-refractivity contribution >= 4 is 0 Å². The molecule has 14 heavy (non-hydrogen) atoms. The lowest BCUT2D eigenvalue weighted by Gasteiger charge is -2.12. The maximum absolute atomic E-state index is 13.0. The van der Waals surface area contributed by atoms with Gasteiger partial charge in [0.2, 0.25) is 0 Å². The summed E-state index contributed by atoms with van der Waals surface area (Å²) in [5.74, 6) is -0.190. The van der Waals surface area contributed by atoms with E-state index in [0.29, 0.717) is 0 Å². The van der Waals surface area contributed by atoms with Crippen LogP contribution in [0.25, 0.3) is 0 Å². The highest BCUT2D eigenvalue weighted by molar-refractivity contribution is 5.24. The van der Waals surface area contributed by atoms with Gasteiger partial charge in [0, 0.05) is 0 Å². The summed E-state index contributed by atoms with van der Waals surface area (Å²) in [6, 6.07) is 6.76. The van der Waals surface area contributed by atoms with Crippen LogP contribution in [0, 0.1) is 5.82 Å². The van der Waals surface area contributed by atoms with Gasteiger partial charge in [0.05, 0.1) is 6.04 Å². The summed E-state index contributed by atoms with van der Waals surface area (Å²) in [6.07, 6.45) is 2.08. The summed E-state index contributed by atoms with van der Waals surface area (Å²) in [6.45, 7) is 4.06. The van der Waals surface area contributed by atoms with E-state index in [4.69, 9.17) is 0 Å². The van der Waals surface area contributed by atoms with Crippen molar-refractivity contribution in [3.05, 3.63) is 47.3 Å². The van der Waals surface area contributed by atoms with Crippen LogP contribution in [0.5, 0.6) is 0 Å². The average Bonchev–Trinajstić information content (AvgIpc) is 2.14. The molecule has 1 aromatic rings. The van der Waals surface area contributed by atoms with E-state index >= 15 is 0 Å². The van der Waals surface area contributed by atoms with Gasteiger partial charge >= 0.3 is 0 Å². The van der Waals surface area contributed by atoms with Crippen molar-refractivity contribution in [2.45, 2.75) is 19.9 Å². The van der Waals surface area contributed by atoms with Crippen LogP contribution >= 0.6 is 0 Å². The van der Waals surface area contributed by atoms with Gasteiger partial charge in [0.25, 0.3) is 0 Å². The van der Waals surface area contributed by atoms with Gasteiger partial charge in [-0.05, 0) is 38.6 Å². The third kappa shape index (κ3) is 2.96. The summed E-state index contributed by atoms with van der Waals surface area (Å²) in [4.78, 5) is 0. The summed E-state index contributed by atoms with van der Waals surface area (Å²) in [5, 5.41) is 3.13. The first kappa shape index (κ1) is 10.9. The number of likely N-dealkylation sites (N-methyl/N-ethyl adjacent to an activating group) is 1. The summed E-state index contributed by atoms with van der Waals surface area (Å²) < 4.78 is 13.0. The number of allylic oxidation sites excluding steroid dienone is 1. The number of hydrogen-bond acceptors (Lipinski definition) is 1. The SMILES string of the molecule is CNC(C=C(C)C)c1cccc(F)c1. The molecule has 76 valence electrons. The molecule has 0 spiro atoms. The van der Waals surface area contributed by atoms with E-state index in [-0.39, 0.29) is 11.9 Å². The van der Waals surface area contributed by atoms with Crippen molar-refractivity contribution in [2.75, 3.05) is 7.05 Å². The predicted octanol–water partition coefficient (Wildman–Crippen LogP) is 3.05. The normalized spacial score (nSPS) is 12.3. The zero-order chi connectivity index (χ0) is 10.6. The van der Waals surface area contributed by atoms with E-state index in [9.17, 15) is 4.39 Å². The van der Waals surface area contributed by atoms with Crippen molar-refractivity contribution in [1.29, 1.82) is 0 Å². The molecule has 0 aliphatic heterocycles. The molecule has 0 amide bonds. The quantitative estimate of drug-likeness (QED) is 0.727. The van der Waals surface area contributed by atoms with Crippen LogP contribution in [-0.2, 0) is 0 Å². The first-order valence-corrected chi connectivity index (χ1v) is 4.71. The van der Waals surface area contributed by atoms with E-state index in [1.807, 2.05) is 27.0 Å². The molecule has 0 bridgehead atoms. The van der Waals surface area contributed by atoms with Crippen LogP contribution in [0.4, 0.5) is 4.39 Å². The minimum absolute atomic E-state index is 0.0932. The Morgan fingerprint density at radius 3 is 2.64 bits per heavy atom. The minimum Gasteiger partial charge on any atom is -0.310 e. The predicted molar refractivity (Wildman–Crippen MR) is 57.6 cm³/mol. The molecule has 0 aliphatic rings. The van der Waals surface area contributed by atoms with Crippen molar-refractivity contribution in [3.8, 4) is 0 Å². The molecular formula is C12H16FN. The molecule has 1 nitrogen and oxygen atoms in total. The lowest BCUT2D eigenvalue weighted by atomic mass is 10.0. The van der Waals surface area contributed by atoms with E-state index in [2.05, 4.69) is 11.4 Å². The van der Waals surface area contributed by atoms with Gasteiger partial charge in [-0.2, -0.15) is 0 Å². The highest BCUT2D eigenvalue weighted by atomic mass is 19.1. The number of rotatable bonds is 3. The first-order valence-electron chi connectivity index (χ1n) is 4.71. The third-order valence-electron chi connectivity index (χ3n) is 2.02. The number of benzene rings is 1. The van der Waals surface area contributed by atoms with Crippen LogP contribution in [0.1, 0.15) is 25.5 Å². The fraction of sp³-hybridized carbons (Fsp3) is 0.333. The van der Waals surface area contributed by atoms with Gasteiger partial charge < -0.3 is 5.32 Å². The van der Waals surface area contributed by atoms with Crippen LogP contribution in [-0.4, -0.2) is 7.05 Å². The molecule has 2 heteroatoms. The highest BCUT2D eigenvalue weighted by Gasteiger charge is 2.05. The molecule has 0 saturated carbocycles. The van der Waals surface area contributed by atoms with Gasteiger partial charge in [-0.3, -0.25) is 0 Å². The lowest BCUT2D eigenvalue weighted by Crippen LogP contribution is -2.14. The molecular weight excluding hydrogens is 177 g/mol. The third-order valence-corrected chi connectivity index (χ3v) is 2.02. The van der Waals surface area contributed by atoms with Crippen molar-refractivity contribution in [2.24, 2.45) is 0 Å². The molecule has 0 saturated heterocycles. The maximum Gasteiger partial charge on any atom is 0.123 e. The summed E-state index contributed by atoms with van der Waals surface area (Å²) >= 11 is 0. The number of nitrogens with one attached hydrogen (secondary N) is 1. The number of halogens is 1. The zero-order valence-corrected chi connectivity index (χ0v) is 8.84. The van der Waals surface area contributed by atoms with E-state index in [0.717, 1.165) is 5.56 Å². The Kier molecular flexibility index (Phi) is 3.84. The largest absolute Gasteiger partial charge is 0.310 e. The molecule has 0 heterocycles. The second-order valence-corrected chi connectivity index (χ2v) is 3.57. The van der Waals surface area contributed by atoms with Crippen LogP contribution in [0.3, 0.4) is 0 Å². The van der Waals surface area contributed by atoms with Gasteiger partial charge in [-0.1, -0.05) is 23.8 Å². The highest BCUT2D eigenvalue weighted by Crippen LogP contribution is 2.16. The van der Waals surface area contributed by atoms with Gasteiger partial charge in [0.15, 0.2) is 0 Å². The van der Waals surface area contributed by atoms with E-state index in [1.54, 1.807) is 12.1 Å². The van der Waals surface area contributed by atoms with Crippen LogP contribution in [0.2, 0.25) is 0 Å². The lowest BCUT2D eigenvalue weighted by molar-refractivity contribution is 0.618. The fourth-order valence-corrected chi connectivity index (χ4v) is 1.38. The topological polar surface area (TPSA) is 12.0 Å². The van der Waals surface area contributed by atoms with Crippen molar-refractivity contribution in [1.82, 2.24) is 5.32 Å². The summed E-state index contributed by atoms with van der Waals surface area (Å²) in [5.41, 5.74) is 2.17. The van der Waals surface area contributed by atoms with Crippen LogP contribution in [0.15, 0.2) is 35.9 Å². The van der Waals surface area contributed by atoms with Crippen molar-refractivity contribution < 1.29 is 4.39 Å². The molecule has 1 rings (SSSR count). The Balaban J connectivity index is 2.95. The van der Waals surface area contributed by atoms with E-state index in [1.165, 1.54) is 11.6 Å². The molecule has 0 fully saturated rings. The molecule has 1 N–H and O–H groups in total. The van der Waals surface area contributed by atoms with Crippen molar-refractivity contribution in [3.63, 3.8) is 0 Å². The Labute approximate surface area is 84.6 Å². The Hall–Kier alpha value is -1.15. The number of hydrogen-bond donors (Lipinski definition) is 1. The van der Waals surface area contributed by atoms with Gasteiger partial charge in [0.1, 0.15) is 5.82 Å². The molecule has 1 aromatic carbocycles. The first-order chi connectivity index (χ1) is 6.63. The fourth-order valence-electron chi connectivity index (χ4n) is 1.38. The average molecular weight is 193 g/mol. The van der Waals surface area contributed by atoms with Crippen LogP contribution < -0.4 is 5.32 Å². The standard InChI is InChI=1S/C12H16FN/c1-9(2)7-12(14-3)10-5-4-6-11(13)8-10/h4-8,12,14H,1-3H3. The molecule has 0 aromatic heterocycles. The molecule has 1 atom stereocenters. The monoisotopic (exact) mass is 193 g/mol. The minimum atomic E-state index is -0.190. The Morgan fingerprint density at radius 2 is 2.14 bits per heavy atom. The molecule has 0 radical (unpaired) electrons. The second kappa shape index (κ2) is 4.91.